The first-order chi connectivity index (χ1) is 10.8. The molecular formula is C18H34N2O3. The highest BCUT2D eigenvalue weighted by Gasteiger charge is 2.37. The number of rotatable bonds is 12. The molecule has 0 aliphatic rings. The normalized spacial score (nSPS) is 17.2. The fraction of sp³-hybridized carbons (Fsp3) is 0.778. The topological polar surface area (TPSA) is 69.6 Å². The Kier molecular flexibility index (Phi) is 11.0. The zero-order valence-electron chi connectivity index (χ0n) is 15.5. The Morgan fingerprint density at radius 1 is 1.22 bits per heavy atom. The van der Waals surface area contributed by atoms with E-state index in [-0.39, 0.29) is 5.92 Å². The molecule has 0 aromatic rings. The Bertz CT molecular complexity index is 394. The second kappa shape index (κ2) is 11.5. The standard InChI is InChI=1S/C18H34N2O3/c1-7-9-11-13(3)16(21)15(20(5)6)18(23)17(22)14(4)19-12-10-8-2/h7,9,13-16,19,21H,8,10-12H2,1-6H3/b9-7+/t13-,14-,15?,16-/m1/s1. The lowest BCUT2D eigenvalue weighted by molar-refractivity contribution is -0.143. The average Bonchev–Trinajstić information content (AvgIpc) is 2.51. The second-order valence-electron chi connectivity index (χ2n) is 6.44. The lowest BCUT2D eigenvalue weighted by Gasteiger charge is -2.31. The molecule has 5 heteroatoms. The summed E-state index contributed by atoms with van der Waals surface area (Å²) in [5.74, 6) is -1.08. The van der Waals surface area contributed by atoms with Crippen LogP contribution in [0.2, 0.25) is 0 Å². The van der Waals surface area contributed by atoms with Crippen LogP contribution in [0.5, 0.6) is 0 Å². The summed E-state index contributed by atoms with van der Waals surface area (Å²) in [6.07, 6.45) is 5.67. The molecule has 0 fully saturated rings. The van der Waals surface area contributed by atoms with E-state index in [1.807, 2.05) is 26.0 Å². The fourth-order valence-electron chi connectivity index (χ4n) is 2.44. The average molecular weight is 326 g/mol. The van der Waals surface area contributed by atoms with Gasteiger partial charge in [0.1, 0.15) is 6.04 Å². The minimum Gasteiger partial charge on any atom is -0.391 e. The van der Waals surface area contributed by atoms with Crippen molar-refractivity contribution in [3.05, 3.63) is 12.2 Å². The molecule has 5 nitrogen and oxygen atoms in total. The number of nitrogens with zero attached hydrogens (tertiary/aromatic N) is 1. The predicted molar refractivity (Wildman–Crippen MR) is 94.5 cm³/mol. The van der Waals surface area contributed by atoms with Gasteiger partial charge in [-0.3, -0.25) is 14.5 Å². The molecule has 0 amide bonds. The van der Waals surface area contributed by atoms with Gasteiger partial charge in [-0.2, -0.15) is 0 Å². The molecule has 0 rings (SSSR count). The molecule has 134 valence electrons. The van der Waals surface area contributed by atoms with Crippen LogP contribution in [0, 0.1) is 5.92 Å². The quantitative estimate of drug-likeness (QED) is 0.325. The Labute approximate surface area is 141 Å². The summed E-state index contributed by atoms with van der Waals surface area (Å²) < 4.78 is 0. The van der Waals surface area contributed by atoms with E-state index in [1.165, 1.54) is 0 Å². The number of carbonyl (C=O) groups excluding carboxylic acids is 2. The van der Waals surface area contributed by atoms with E-state index in [2.05, 4.69) is 12.2 Å². The maximum Gasteiger partial charge on any atom is 0.219 e. The number of likely N-dealkylation sites (N-methyl/N-ethyl adjacent to an activating group) is 1. The van der Waals surface area contributed by atoms with Gasteiger partial charge >= 0.3 is 0 Å². The highest BCUT2D eigenvalue weighted by Crippen LogP contribution is 2.17. The maximum atomic E-state index is 12.6. The Balaban J connectivity index is 4.93. The summed E-state index contributed by atoms with van der Waals surface area (Å²) in [7, 11) is 3.44. The Morgan fingerprint density at radius 2 is 1.83 bits per heavy atom. The van der Waals surface area contributed by atoms with E-state index in [4.69, 9.17) is 0 Å². The van der Waals surface area contributed by atoms with Crippen molar-refractivity contribution in [2.75, 3.05) is 20.6 Å². The maximum absolute atomic E-state index is 12.6. The number of aliphatic hydroxyl groups is 1. The molecule has 0 heterocycles. The molecule has 0 aromatic heterocycles. The summed E-state index contributed by atoms with van der Waals surface area (Å²) in [6.45, 7) is 8.30. The third-order valence-electron chi connectivity index (χ3n) is 4.09. The Hall–Kier alpha value is -1.04. The van der Waals surface area contributed by atoms with E-state index >= 15 is 0 Å². The van der Waals surface area contributed by atoms with E-state index in [0.717, 1.165) is 12.8 Å². The first-order valence-corrected chi connectivity index (χ1v) is 8.54. The molecular weight excluding hydrogens is 292 g/mol. The molecule has 0 radical (unpaired) electrons. The van der Waals surface area contributed by atoms with Crippen LogP contribution in [0.4, 0.5) is 0 Å². The molecule has 0 aliphatic carbocycles. The van der Waals surface area contributed by atoms with Gasteiger partial charge in [-0.05, 0) is 53.2 Å². The van der Waals surface area contributed by atoms with Crippen LogP contribution in [0.3, 0.4) is 0 Å². The molecule has 0 saturated heterocycles. The number of carbonyl (C=O) groups is 2. The molecule has 0 saturated carbocycles. The van der Waals surface area contributed by atoms with Crippen molar-refractivity contribution in [3.63, 3.8) is 0 Å². The largest absolute Gasteiger partial charge is 0.391 e. The zero-order chi connectivity index (χ0) is 18.0. The number of ketones is 2. The number of allylic oxidation sites excluding steroid dienone is 2. The third kappa shape index (κ3) is 7.38. The van der Waals surface area contributed by atoms with Crippen molar-refractivity contribution >= 4 is 11.6 Å². The van der Waals surface area contributed by atoms with Gasteiger partial charge in [-0.1, -0.05) is 32.4 Å². The second-order valence-corrected chi connectivity index (χ2v) is 6.44. The van der Waals surface area contributed by atoms with Gasteiger partial charge in [0.25, 0.3) is 0 Å². The monoisotopic (exact) mass is 326 g/mol. The summed E-state index contributed by atoms with van der Waals surface area (Å²) in [5.41, 5.74) is 0. The van der Waals surface area contributed by atoms with E-state index in [1.54, 1.807) is 25.9 Å². The molecule has 0 aliphatic heterocycles. The SMILES string of the molecule is C/C=C/C[C@@H](C)[C@@H](O)C(C(=O)C(=O)[C@@H](C)NCCCC)N(C)C. The smallest absolute Gasteiger partial charge is 0.219 e. The van der Waals surface area contributed by atoms with Gasteiger partial charge in [0.05, 0.1) is 12.1 Å². The van der Waals surface area contributed by atoms with Gasteiger partial charge in [-0.15, -0.1) is 0 Å². The van der Waals surface area contributed by atoms with Gasteiger partial charge in [-0.25, -0.2) is 0 Å². The minimum atomic E-state index is -0.875. The molecule has 2 N–H and O–H groups in total. The molecule has 23 heavy (non-hydrogen) atoms. The molecule has 1 unspecified atom stereocenters. The number of hydrogen-bond donors (Lipinski definition) is 2. The first kappa shape index (κ1) is 22.0. The van der Waals surface area contributed by atoms with Crippen molar-refractivity contribution in [2.45, 2.75) is 65.1 Å². The van der Waals surface area contributed by atoms with Crippen LogP contribution in [-0.2, 0) is 9.59 Å². The minimum absolute atomic E-state index is 0.0984. The van der Waals surface area contributed by atoms with Crippen LogP contribution in [0.15, 0.2) is 12.2 Å². The van der Waals surface area contributed by atoms with Crippen LogP contribution in [-0.4, -0.2) is 60.4 Å². The van der Waals surface area contributed by atoms with Gasteiger partial charge < -0.3 is 10.4 Å². The van der Waals surface area contributed by atoms with E-state index in [9.17, 15) is 14.7 Å². The van der Waals surface area contributed by atoms with Crippen LogP contribution in [0.25, 0.3) is 0 Å². The predicted octanol–water partition coefficient (Wildman–Crippen LogP) is 1.80. The van der Waals surface area contributed by atoms with Crippen molar-refractivity contribution in [2.24, 2.45) is 5.92 Å². The number of unbranched alkanes of at least 4 members (excludes halogenated alkanes) is 1. The first-order valence-electron chi connectivity index (χ1n) is 8.54. The van der Waals surface area contributed by atoms with Gasteiger partial charge in [0.2, 0.25) is 11.6 Å². The van der Waals surface area contributed by atoms with E-state index in [0.29, 0.717) is 13.0 Å². The van der Waals surface area contributed by atoms with Crippen molar-refractivity contribution < 1.29 is 14.7 Å². The third-order valence-corrected chi connectivity index (χ3v) is 4.09. The van der Waals surface area contributed by atoms with Crippen LogP contribution >= 0.6 is 0 Å². The van der Waals surface area contributed by atoms with E-state index < -0.39 is 29.8 Å². The summed E-state index contributed by atoms with van der Waals surface area (Å²) in [4.78, 5) is 26.6. The molecule has 0 bridgehead atoms. The summed E-state index contributed by atoms with van der Waals surface area (Å²) in [6, 6.07) is -1.33. The number of Topliss-reactive ketones (excluding diaryl/α,β-unsaturated/α-hetero) is 2. The van der Waals surface area contributed by atoms with Crippen molar-refractivity contribution in [1.82, 2.24) is 10.2 Å². The Morgan fingerprint density at radius 3 is 2.30 bits per heavy atom. The molecule has 0 spiro atoms. The number of aliphatic hydroxyl groups excluding tert-OH is 1. The van der Waals surface area contributed by atoms with Crippen LogP contribution in [0.1, 0.15) is 47.0 Å². The van der Waals surface area contributed by atoms with Crippen LogP contribution < -0.4 is 5.32 Å². The van der Waals surface area contributed by atoms with Crippen molar-refractivity contribution in [3.8, 4) is 0 Å². The van der Waals surface area contributed by atoms with Gasteiger partial charge in [0.15, 0.2) is 0 Å². The van der Waals surface area contributed by atoms with Gasteiger partial charge in [0, 0.05) is 0 Å². The highest BCUT2D eigenvalue weighted by molar-refractivity contribution is 6.41. The summed E-state index contributed by atoms with van der Waals surface area (Å²) in [5, 5.41) is 13.6. The fourth-order valence-corrected chi connectivity index (χ4v) is 2.44. The molecule has 4 atom stereocenters. The van der Waals surface area contributed by atoms with Crippen molar-refractivity contribution in [1.29, 1.82) is 0 Å². The number of nitrogens with one attached hydrogen (secondary N) is 1. The lowest BCUT2D eigenvalue weighted by Crippen LogP contribution is -2.53. The summed E-state index contributed by atoms with van der Waals surface area (Å²) >= 11 is 0. The zero-order valence-corrected chi connectivity index (χ0v) is 15.5. The number of hydrogen-bond acceptors (Lipinski definition) is 5. The highest BCUT2D eigenvalue weighted by atomic mass is 16.3. The molecule has 0 aromatic carbocycles. The lowest BCUT2D eigenvalue weighted by atomic mass is 9.89.